The van der Waals surface area contributed by atoms with Gasteiger partial charge in [0.15, 0.2) is 10.9 Å². The maximum absolute atomic E-state index is 15.5. The van der Waals surface area contributed by atoms with Gasteiger partial charge in [0.25, 0.3) is 5.91 Å². The number of β-amino-alcohol motifs (C(OH)–C–C–N with tert-alkyl or cyclic N) is 1. The number of unbranched alkanes of at least 4 members (excludes halogenated alkanes) is 2. The Morgan fingerprint density at radius 1 is 1.01 bits per heavy atom. The van der Waals surface area contributed by atoms with Crippen molar-refractivity contribution in [3.63, 3.8) is 0 Å². The molecule has 3 amide bonds. The Kier molecular flexibility index (Phi) is 19.7. The van der Waals surface area contributed by atoms with E-state index >= 15 is 4.39 Å². The molecule has 76 heavy (non-hydrogen) atoms. The van der Waals surface area contributed by atoms with Crippen molar-refractivity contribution in [2.45, 2.75) is 116 Å². The summed E-state index contributed by atoms with van der Waals surface area (Å²) in [4.78, 5) is 66.6. The van der Waals surface area contributed by atoms with E-state index < -0.39 is 93.0 Å². The third-order valence-corrected chi connectivity index (χ3v) is 14.1. The van der Waals surface area contributed by atoms with Gasteiger partial charge in [-0.15, -0.1) is 11.3 Å². The fourth-order valence-electron chi connectivity index (χ4n) is 8.79. The average molecular weight is 1100 g/mol. The maximum atomic E-state index is 15.5. The SMILES string of the molecule is COC(=O)c1cc(N2C(=S)N(c3ccc(C#N)c(C(F)(F)F)c3F)C(=O)C2(C)C)cnc1OCCCCCOCCCOCC(=O)N[C@H](C(=O)N1C[C@H](O)C[C@H]1C(O)NCc1ccc(-c2scnc2C)cc1)C(C)(C)C. The van der Waals surface area contributed by atoms with Gasteiger partial charge < -0.3 is 44.3 Å². The molecule has 6 rings (SSSR count). The summed E-state index contributed by atoms with van der Waals surface area (Å²) in [5, 5.41) is 36.5. The van der Waals surface area contributed by atoms with Crippen LogP contribution in [0.4, 0.5) is 28.9 Å². The fourth-order valence-corrected chi connectivity index (χ4v) is 10.1. The minimum Gasteiger partial charge on any atom is -0.477 e. The number of carbonyl (C=O) groups is 4. The lowest BCUT2D eigenvalue weighted by Gasteiger charge is -2.37. The van der Waals surface area contributed by atoms with Crippen molar-refractivity contribution in [2.24, 2.45) is 5.41 Å². The summed E-state index contributed by atoms with van der Waals surface area (Å²) in [6.45, 7) is 11.4. The molecular weight excluding hydrogens is 1040 g/mol. The topological polar surface area (TPSA) is 229 Å². The van der Waals surface area contributed by atoms with E-state index in [-0.39, 0.29) is 49.9 Å². The molecule has 0 bridgehead atoms. The molecule has 18 nitrogen and oxygen atoms in total. The number of thiocarbonyl (C=S) groups is 1. The summed E-state index contributed by atoms with van der Waals surface area (Å²) in [6, 6.07) is 10.4. The molecule has 4 atom stereocenters. The number of benzene rings is 2. The highest BCUT2D eigenvalue weighted by Crippen LogP contribution is 2.42. The number of alkyl halides is 3. The number of esters is 1. The molecule has 4 heterocycles. The predicted molar refractivity (Wildman–Crippen MR) is 277 cm³/mol. The number of hydrogen-bond acceptors (Lipinski definition) is 16. The van der Waals surface area contributed by atoms with Crippen LogP contribution in [0.5, 0.6) is 5.88 Å². The number of carbonyl (C=O) groups excluding carboxylic acids is 4. The lowest BCUT2D eigenvalue weighted by atomic mass is 9.85. The largest absolute Gasteiger partial charge is 0.477 e. The Morgan fingerprint density at radius 3 is 2.34 bits per heavy atom. The summed E-state index contributed by atoms with van der Waals surface area (Å²) < 4.78 is 79.1. The Hall–Kier alpha value is -6.20. The van der Waals surface area contributed by atoms with Crippen LogP contribution in [0.25, 0.3) is 10.4 Å². The highest BCUT2D eigenvalue weighted by Gasteiger charge is 2.52. The van der Waals surface area contributed by atoms with Gasteiger partial charge in [0, 0.05) is 32.9 Å². The van der Waals surface area contributed by atoms with Crippen LogP contribution in [0.15, 0.2) is 54.2 Å². The van der Waals surface area contributed by atoms with E-state index in [0.29, 0.717) is 50.3 Å². The Labute approximate surface area is 447 Å². The van der Waals surface area contributed by atoms with Gasteiger partial charge in [-0.2, -0.15) is 18.4 Å². The number of aromatic nitrogens is 2. The van der Waals surface area contributed by atoms with E-state index in [1.54, 1.807) is 16.8 Å². The van der Waals surface area contributed by atoms with E-state index in [9.17, 15) is 47.8 Å². The number of anilines is 2. The van der Waals surface area contributed by atoms with Crippen LogP contribution in [0.2, 0.25) is 0 Å². The van der Waals surface area contributed by atoms with Crippen molar-refractivity contribution in [3.8, 4) is 22.4 Å². The lowest BCUT2D eigenvalue weighted by Crippen LogP contribution is -2.59. The Balaban J connectivity index is 0.903. The zero-order chi connectivity index (χ0) is 55.7. The molecule has 0 radical (unpaired) electrons. The smallest absolute Gasteiger partial charge is 0.420 e. The number of likely N-dealkylation sites (tertiary alicyclic amines) is 1. The maximum Gasteiger partial charge on any atom is 0.420 e. The van der Waals surface area contributed by atoms with E-state index in [2.05, 4.69) is 20.6 Å². The number of aliphatic hydroxyl groups is 2. The molecular formula is C52H62F4N8O10S2. The number of nitrogens with zero attached hydrogens (tertiary/aromatic N) is 6. The standard InChI is InChI=1S/C52H62F4N8O10S2/c1-30-42(76-29-60-30)32-14-12-31(13-15-32)25-58-44(67)38-23-35(65)27-62(38)46(68)43(50(2,3)4)61-39(66)28-73-20-11-19-72-18-9-8-10-21-74-45-36(47(69)71-7)22-34(26-59-45)64-49(75)63(48(70)51(64,5)6)37-17-16-33(24-57)40(41(37)53)52(54,55)56/h12-17,22,26,29,35,38,43-44,58,65,67H,8-11,18-21,23,25,27-28H2,1-7H3,(H,61,66)/t35-,38+,43-,44?/m1/s1. The molecule has 24 heteroatoms. The Bertz CT molecular complexity index is 2790. The van der Waals surface area contributed by atoms with Crippen molar-refractivity contribution in [3.05, 3.63) is 87.9 Å². The van der Waals surface area contributed by atoms with Crippen LogP contribution >= 0.6 is 23.6 Å². The third kappa shape index (κ3) is 13.8. The number of methoxy groups -OCH3 is 1. The molecule has 2 aromatic heterocycles. The van der Waals surface area contributed by atoms with Crippen molar-refractivity contribution in [1.29, 1.82) is 5.26 Å². The molecule has 2 aromatic carbocycles. The molecule has 4 N–H and O–H groups in total. The summed E-state index contributed by atoms with van der Waals surface area (Å²) in [5.74, 6) is -4.60. The molecule has 410 valence electrons. The zero-order valence-electron chi connectivity index (χ0n) is 43.2. The summed E-state index contributed by atoms with van der Waals surface area (Å²) in [7, 11) is 1.13. The summed E-state index contributed by atoms with van der Waals surface area (Å²) in [5.41, 5.74) is -1.29. The van der Waals surface area contributed by atoms with Gasteiger partial charge in [-0.1, -0.05) is 45.0 Å². The van der Waals surface area contributed by atoms with Crippen LogP contribution in [0.1, 0.15) is 99.5 Å². The van der Waals surface area contributed by atoms with E-state index in [1.165, 1.54) is 42.0 Å². The molecule has 0 saturated carbocycles. The molecule has 2 aliphatic rings. The number of nitrogens with one attached hydrogen (secondary N) is 2. The number of rotatable bonds is 23. The molecule has 2 aliphatic heterocycles. The first-order valence-corrected chi connectivity index (χ1v) is 25.7. The summed E-state index contributed by atoms with van der Waals surface area (Å²) in [6.07, 6.45) is -3.50. The molecule has 2 fully saturated rings. The van der Waals surface area contributed by atoms with Crippen LogP contribution in [-0.2, 0) is 41.3 Å². The number of pyridine rings is 1. The first-order chi connectivity index (χ1) is 35.9. The lowest BCUT2D eigenvalue weighted by molar-refractivity contribution is -0.143. The number of amides is 3. The Morgan fingerprint density at radius 2 is 1.70 bits per heavy atom. The second-order valence-electron chi connectivity index (χ2n) is 19.8. The van der Waals surface area contributed by atoms with Crippen molar-refractivity contribution >= 4 is 63.7 Å². The van der Waals surface area contributed by atoms with Crippen LogP contribution in [-0.4, -0.2) is 131 Å². The number of nitriles is 1. The van der Waals surface area contributed by atoms with Gasteiger partial charge in [-0.05, 0) is 99.8 Å². The fraction of sp³-hybridized carbons (Fsp3) is 0.500. The van der Waals surface area contributed by atoms with Gasteiger partial charge in [-0.25, -0.2) is 19.2 Å². The minimum atomic E-state index is -5.25. The van der Waals surface area contributed by atoms with Gasteiger partial charge >= 0.3 is 12.1 Å². The molecule has 4 aromatic rings. The quantitative estimate of drug-likeness (QED) is 0.0196. The second kappa shape index (κ2) is 25.3. The average Bonchev–Trinajstić information content (AvgIpc) is 4.03. The summed E-state index contributed by atoms with van der Waals surface area (Å²) >= 11 is 7.07. The number of halogens is 4. The number of thiazole rings is 1. The first-order valence-electron chi connectivity index (χ1n) is 24.4. The van der Waals surface area contributed by atoms with Crippen LogP contribution in [0, 0.1) is 29.5 Å². The van der Waals surface area contributed by atoms with Crippen molar-refractivity contribution in [2.75, 3.05) is 56.5 Å². The van der Waals surface area contributed by atoms with Gasteiger partial charge in [0.2, 0.25) is 17.7 Å². The van der Waals surface area contributed by atoms with Gasteiger partial charge in [-0.3, -0.25) is 24.6 Å². The van der Waals surface area contributed by atoms with E-state index in [0.717, 1.165) is 40.9 Å². The van der Waals surface area contributed by atoms with Crippen molar-refractivity contribution < 1.29 is 65.9 Å². The highest BCUT2D eigenvalue weighted by molar-refractivity contribution is 7.81. The zero-order valence-corrected chi connectivity index (χ0v) is 44.8. The third-order valence-electron chi connectivity index (χ3n) is 12.8. The first kappa shape index (κ1) is 59.1. The second-order valence-corrected chi connectivity index (χ2v) is 21.0. The molecule has 1 unspecified atom stereocenters. The monoisotopic (exact) mass is 1100 g/mol. The van der Waals surface area contributed by atoms with Crippen LogP contribution in [0.3, 0.4) is 0 Å². The van der Waals surface area contributed by atoms with Gasteiger partial charge in [0.1, 0.15) is 35.5 Å². The number of hydrogen-bond donors (Lipinski definition) is 4. The minimum absolute atomic E-state index is 0.00442. The van der Waals surface area contributed by atoms with Crippen LogP contribution < -0.4 is 25.2 Å². The highest BCUT2D eigenvalue weighted by atomic mass is 32.1. The van der Waals surface area contributed by atoms with E-state index in [4.69, 9.17) is 31.2 Å². The van der Waals surface area contributed by atoms with E-state index in [1.807, 2.05) is 52.0 Å². The molecule has 2 saturated heterocycles. The van der Waals surface area contributed by atoms with Crippen molar-refractivity contribution in [1.82, 2.24) is 25.5 Å². The molecule has 0 spiro atoms. The number of aliphatic hydroxyl groups excluding tert-OH is 2. The number of aryl methyl sites for hydroxylation is 1. The predicted octanol–water partition coefficient (Wildman–Crippen LogP) is 6.82. The number of ether oxygens (including phenoxy) is 4. The van der Waals surface area contributed by atoms with Gasteiger partial charge in [0.05, 0.1) is 71.1 Å². The molecule has 0 aliphatic carbocycles. The normalized spacial score (nSPS) is 17.4.